The molecule has 2 heterocycles. The zero-order valence-electron chi connectivity index (χ0n) is 16.7. The molecule has 7 nitrogen and oxygen atoms in total. The molecule has 1 aromatic heterocycles. The summed E-state index contributed by atoms with van der Waals surface area (Å²) in [6.45, 7) is 5.02. The summed E-state index contributed by atoms with van der Waals surface area (Å²) in [7, 11) is -1.93. The van der Waals surface area contributed by atoms with E-state index in [1.54, 1.807) is 11.0 Å². The second-order valence-corrected chi connectivity index (χ2v) is 9.80. The SMILES string of the molecule is Cc1nn(C)c(C)c1CCC(=O)N1CCN(S(=O)(=O)c2c(Cl)cccc2Cl)CC1. The lowest BCUT2D eigenvalue weighted by molar-refractivity contribution is -0.132. The molecule has 0 radical (unpaired) electrons. The van der Waals surface area contributed by atoms with E-state index in [2.05, 4.69) is 5.10 Å². The Labute approximate surface area is 181 Å². The quantitative estimate of drug-likeness (QED) is 0.689. The van der Waals surface area contributed by atoms with Crippen molar-refractivity contribution in [2.24, 2.45) is 7.05 Å². The maximum atomic E-state index is 12.9. The third-order valence-electron chi connectivity index (χ3n) is 5.36. The smallest absolute Gasteiger partial charge is 0.246 e. The molecule has 3 rings (SSSR count). The first-order valence-electron chi connectivity index (χ1n) is 9.34. The number of hydrogen-bond acceptors (Lipinski definition) is 4. The molecule has 0 saturated carbocycles. The van der Waals surface area contributed by atoms with Gasteiger partial charge in [-0.05, 0) is 38.0 Å². The standard InChI is InChI=1S/C19H24Cl2N4O3S/c1-13-15(14(2)23(3)22-13)7-8-18(26)24-9-11-25(12-10-24)29(27,28)19-16(20)5-4-6-17(19)21/h4-6H,7-12H2,1-3H3. The highest BCUT2D eigenvalue weighted by Gasteiger charge is 2.33. The molecule has 29 heavy (non-hydrogen) atoms. The minimum atomic E-state index is -3.82. The Kier molecular flexibility index (Phi) is 6.57. The third kappa shape index (κ3) is 4.45. The van der Waals surface area contributed by atoms with Crippen LogP contribution in [0.5, 0.6) is 0 Å². The van der Waals surface area contributed by atoms with Crippen molar-refractivity contribution in [2.45, 2.75) is 31.6 Å². The van der Waals surface area contributed by atoms with Crippen molar-refractivity contribution in [1.82, 2.24) is 19.0 Å². The van der Waals surface area contributed by atoms with Gasteiger partial charge in [0.25, 0.3) is 0 Å². The fraction of sp³-hybridized carbons (Fsp3) is 0.474. The monoisotopic (exact) mass is 458 g/mol. The van der Waals surface area contributed by atoms with E-state index < -0.39 is 10.0 Å². The highest BCUT2D eigenvalue weighted by atomic mass is 35.5. The summed E-state index contributed by atoms with van der Waals surface area (Å²) in [6, 6.07) is 4.61. The highest BCUT2D eigenvalue weighted by Crippen LogP contribution is 2.32. The van der Waals surface area contributed by atoms with Crippen molar-refractivity contribution < 1.29 is 13.2 Å². The Morgan fingerprint density at radius 3 is 2.21 bits per heavy atom. The van der Waals surface area contributed by atoms with Gasteiger partial charge in [0.2, 0.25) is 15.9 Å². The van der Waals surface area contributed by atoms with Gasteiger partial charge in [0.1, 0.15) is 4.90 Å². The zero-order valence-corrected chi connectivity index (χ0v) is 19.0. The largest absolute Gasteiger partial charge is 0.340 e. The van der Waals surface area contributed by atoms with Crippen LogP contribution in [-0.4, -0.2) is 59.5 Å². The average molecular weight is 459 g/mol. The number of aryl methyl sites for hydroxylation is 2. The predicted octanol–water partition coefficient (Wildman–Crippen LogP) is 2.81. The number of piperazine rings is 1. The van der Waals surface area contributed by atoms with Gasteiger partial charge in [0.05, 0.1) is 15.7 Å². The maximum absolute atomic E-state index is 12.9. The van der Waals surface area contributed by atoms with Gasteiger partial charge in [0.15, 0.2) is 0 Å². The molecule has 2 aromatic rings. The number of sulfonamides is 1. The summed E-state index contributed by atoms with van der Waals surface area (Å²) in [4.78, 5) is 14.3. The van der Waals surface area contributed by atoms with E-state index in [4.69, 9.17) is 23.2 Å². The van der Waals surface area contributed by atoms with Crippen LogP contribution in [0.4, 0.5) is 0 Å². The van der Waals surface area contributed by atoms with Crippen LogP contribution in [0, 0.1) is 13.8 Å². The lowest BCUT2D eigenvalue weighted by Gasteiger charge is -2.34. The summed E-state index contributed by atoms with van der Waals surface area (Å²) < 4.78 is 29.0. The molecule has 158 valence electrons. The summed E-state index contributed by atoms with van der Waals surface area (Å²) in [5.41, 5.74) is 3.09. The fourth-order valence-corrected chi connectivity index (χ4v) is 6.12. The van der Waals surface area contributed by atoms with Gasteiger partial charge >= 0.3 is 0 Å². The molecular weight excluding hydrogens is 435 g/mol. The fourth-order valence-electron chi connectivity index (χ4n) is 3.61. The number of rotatable bonds is 5. The summed E-state index contributed by atoms with van der Waals surface area (Å²) in [5, 5.41) is 4.57. The van der Waals surface area contributed by atoms with Crippen LogP contribution in [0.2, 0.25) is 10.0 Å². The molecule has 0 unspecified atom stereocenters. The van der Waals surface area contributed by atoms with Crippen LogP contribution in [0.25, 0.3) is 0 Å². The number of carbonyl (C=O) groups excluding carboxylic acids is 1. The highest BCUT2D eigenvalue weighted by molar-refractivity contribution is 7.89. The van der Waals surface area contributed by atoms with Crippen molar-refractivity contribution >= 4 is 39.1 Å². The minimum absolute atomic E-state index is 0.0143. The zero-order chi connectivity index (χ0) is 21.3. The second kappa shape index (κ2) is 8.63. The molecule has 0 bridgehead atoms. The first-order valence-corrected chi connectivity index (χ1v) is 11.5. The number of halogens is 2. The van der Waals surface area contributed by atoms with Gasteiger partial charge in [-0.2, -0.15) is 9.40 Å². The van der Waals surface area contributed by atoms with Gasteiger partial charge in [-0.1, -0.05) is 29.3 Å². The summed E-state index contributed by atoms with van der Waals surface area (Å²) in [5.74, 6) is 0.0143. The van der Waals surface area contributed by atoms with E-state index in [1.807, 2.05) is 25.6 Å². The van der Waals surface area contributed by atoms with Crippen molar-refractivity contribution in [3.63, 3.8) is 0 Å². The molecule has 1 aliphatic heterocycles. The predicted molar refractivity (Wildman–Crippen MR) is 113 cm³/mol. The molecular formula is C19H24Cl2N4O3S. The Hall–Kier alpha value is -1.61. The van der Waals surface area contributed by atoms with Gasteiger partial charge < -0.3 is 4.90 Å². The van der Waals surface area contributed by atoms with E-state index in [0.29, 0.717) is 25.9 Å². The number of amides is 1. The van der Waals surface area contributed by atoms with E-state index in [1.165, 1.54) is 16.4 Å². The van der Waals surface area contributed by atoms with Crippen LogP contribution in [0.15, 0.2) is 23.1 Å². The van der Waals surface area contributed by atoms with Crippen molar-refractivity contribution in [3.05, 3.63) is 45.2 Å². The maximum Gasteiger partial charge on any atom is 0.246 e. The average Bonchev–Trinajstić information content (AvgIpc) is 2.91. The van der Waals surface area contributed by atoms with Gasteiger partial charge in [-0.25, -0.2) is 8.42 Å². The number of carbonyl (C=O) groups is 1. The number of hydrogen-bond donors (Lipinski definition) is 0. The second-order valence-electron chi connectivity index (χ2n) is 7.11. The number of nitrogens with zero attached hydrogens (tertiary/aromatic N) is 4. The van der Waals surface area contributed by atoms with Gasteiger partial charge in [0, 0.05) is 45.3 Å². The van der Waals surface area contributed by atoms with E-state index in [-0.39, 0.29) is 33.9 Å². The van der Waals surface area contributed by atoms with E-state index >= 15 is 0 Å². The molecule has 1 saturated heterocycles. The molecule has 0 N–H and O–H groups in total. The lowest BCUT2D eigenvalue weighted by atomic mass is 10.1. The normalized spacial score (nSPS) is 15.7. The minimum Gasteiger partial charge on any atom is -0.340 e. The van der Waals surface area contributed by atoms with Crippen LogP contribution >= 0.6 is 23.2 Å². The summed E-state index contributed by atoms with van der Waals surface area (Å²) in [6.07, 6.45) is 0.995. The molecule has 10 heteroatoms. The Bertz CT molecular complexity index is 1010. The van der Waals surface area contributed by atoms with Crippen LogP contribution < -0.4 is 0 Å². The van der Waals surface area contributed by atoms with Crippen molar-refractivity contribution in [1.29, 1.82) is 0 Å². The van der Waals surface area contributed by atoms with Crippen LogP contribution in [-0.2, 0) is 28.3 Å². The van der Waals surface area contributed by atoms with Gasteiger partial charge in [-0.15, -0.1) is 0 Å². The van der Waals surface area contributed by atoms with E-state index in [9.17, 15) is 13.2 Å². The van der Waals surface area contributed by atoms with Gasteiger partial charge in [-0.3, -0.25) is 9.48 Å². The Morgan fingerprint density at radius 2 is 1.69 bits per heavy atom. The molecule has 1 fully saturated rings. The molecule has 0 aliphatic carbocycles. The Balaban J connectivity index is 1.62. The topological polar surface area (TPSA) is 75.5 Å². The number of aromatic nitrogens is 2. The van der Waals surface area contributed by atoms with E-state index in [0.717, 1.165) is 17.0 Å². The molecule has 1 aromatic carbocycles. The first kappa shape index (κ1) is 22.1. The molecule has 0 spiro atoms. The lowest BCUT2D eigenvalue weighted by Crippen LogP contribution is -2.50. The molecule has 1 amide bonds. The van der Waals surface area contributed by atoms with Crippen LogP contribution in [0.1, 0.15) is 23.4 Å². The first-order chi connectivity index (χ1) is 13.6. The number of benzene rings is 1. The molecule has 0 atom stereocenters. The van der Waals surface area contributed by atoms with Crippen LogP contribution in [0.3, 0.4) is 0 Å². The Morgan fingerprint density at radius 1 is 1.10 bits per heavy atom. The van der Waals surface area contributed by atoms with Crippen molar-refractivity contribution in [2.75, 3.05) is 26.2 Å². The van der Waals surface area contributed by atoms with Crippen molar-refractivity contribution in [3.8, 4) is 0 Å². The third-order valence-corrected chi connectivity index (χ3v) is 8.21. The molecule has 1 aliphatic rings. The summed E-state index contributed by atoms with van der Waals surface area (Å²) >= 11 is 12.2.